The maximum atomic E-state index is 11.1. The van der Waals surface area contributed by atoms with E-state index in [1.165, 1.54) is 31.9 Å². The molecule has 0 aromatic carbocycles. The number of carbonyl (C=O) groups excluding carboxylic acids is 1. The number of carbonyl (C=O) groups is 1. The normalized spacial score (nSPS) is 16.8. The number of hydrogen-bond acceptors (Lipinski definition) is 2. The zero-order valence-corrected chi connectivity index (χ0v) is 8.84. The molecule has 0 amide bonds. The van der Waals surface area contributed by atoms with E-state index < -0.39 is 0 Å². The molecule has 2 heteroatoms. The Labute approximate surface area is 85.6 Å². The van der Waals surface area contributed by atoms with Crippen molar-refractivity contribution in [3.63, 3.8) is 0 Å². The number of esters is 1. The first-order valence-corrected chi connectivity index (χ1v) is 5.18. The summed E-state index contributed by atoms with van der Waals surface area (Å²) in [6.07, 6.45) is 8.99. The van der Waals surface area contributed by atoms with Crippen molar-refractivity contribution < 1.29 is 9.53 Å². The molecule has 0 aliphatic heterocycles. The predicted molar refractivity (Wildman–Crippen MR) is 56.9 cm³/mol. The third kappa shape index (κ3) is 3.36. The Bertz CT molecular complexity index is 251. The van der Waals surface area contributed by atoms with Crippen molar-refractivity contribution in [3.05, 3.63) is 23.8 Å². The number of rotatable bonds is 3. The highest BCUT2D eigenvalue weighted by Gasteiger charge is 2.10. The summed E-state index contributed by atoms with van der Waals surface area (Å²) in [5.74, 6) is -0.282. The second kappa shape index (κ2) is 5.63. The van der Waals surface area contributed by atoms with Gasteiger partial charge in [0, 0.05) is 5.57 Å². The van der Waals surface area contributed by atoms with E-state index in [0.29, 0.717) is 12.0 Å². The lowest BCUT2D eigenvalue weighted by molar-refractivity contribution is -0.136. The first-order chi connectivity index (χ1) is 6.74. The quantitative estimate of drug-likeness (QED) is 0.392. The Morgan fingerprint density at radius 2 is 2.29 bits per heavy atom. The monoisotopic (exact) mass is 194 g/mol. The molecule has 0 fully saturated rings. The lowest BCUT2D eigenvalue weighted by atomic mass is 10.0. The molecule has 0 saturated carbocycles. The summed E-state index contributed by atoms with van der Waals surface area (Å²) in [6, 6.07) is 0. The summed E-state index contributed by atoms with van der Waals surface area (Å²) >= 11 is 0. The van der Waals surface area contributed by atoms with Crippen LogP contribution in [0.4, 0.5) is 0 Å². The number of allylic oxidation sites excluding steroid dienone is 2. The smallest absolute Gasteiger partial charge is 0.333 e. The summed E-state index contributed by atoms with van der Waals surface area (Å²) in [7, 11) is 1.40. The largest absolute Gasteiger partial charge is 0.466 e. The topological polar surface area (TPSA) is 26.3 Å². The molecule has 0 spiro atoms. The summed E-state index contributed by atoms with van der Waals surface area (Å²) in [6.45, 7) is 3.73. The van der Waals surface area contributed by atoms with E-state index in [4.69, 9.17) is 0 Å². The number of methoxy groups -OCH3 is 1. The maximum Gasteiger partial charge on any atom is 0.333 e. The fourth-order valence-electron chi connectivity index (χ4n) is 1.73. The molecule has 0 unspecified atom stereocenters. The second-order valence-electron chi connectivity index (χ2n) is 3.73. The SMILES string of the molecule is C=C(CC1=CCCCCC1)C(=O)OC. The lowest BCUT2D eigenvalue weighted by Crippen LogP contribution is -2.04. The van der Waals surface area contributed by atoms with E-state index in [1.54, 1.807) is 0 Å². The van der Waals surface area contributed by atoms with E-state index in [0.717, 1.165) is 12.8 Å². The fourth-order valence-corrected chi connectivity index (χ4v) is 1.73. The average Bonchev–Trinajstić information content (AvgIpc) is 2.45. The molecule has 2 nitrogen and oxygen atoms in total. The molecule has 0 aromatic rings. The molecule has 1 rings (SSSR count). The van der Waals surface area contributed by atoms with E-state index in [-0.39, 0.29) is 5.97 Å². The molecule has 14 heavy (non-hydrogen) atoms. The predicted octanol–water partition coefficient (Wildman–Crippen LogP) is 3.00. The van der Waals surface area contributed by atoms with Gasteiger partial charge in [0.05, 0.1) is 7.11 Å². The highest BCUT2D eigenvalue weighted by Crippen LogP contribution is 2.22. The molecule has 0 heterocycles. The minimum atomic E-state index is -0.282. The first-order valence-electron chi connectivity index (χ1n) is 5.18. The summed E-state index contributed by atoms with van der Waals surface area (Å²) < 4.78 is 4.62. The van der Waals surface area contributed by atoms with Gasteiger partial charge >= 0.3 is 5.97 Å². The van der Waals surface area contributed by atoms with Crippen molar-refractivity contribution in [2.45, 2.75) is 38.5 Å². The van der Waals surface area contributed by atoms with Gasteiger partial charge in [-0.3, -0.25) is 0 Å². The summed E-state index contributed by atoms with van der Waals surface area (Å²) in [4.78, 5) is 11.1. The highest BCUT2D eigenvalue weighted by molar-refractivity contribution is 5.88. The van der Waals surface area contributed by atoms with Crippen molar-refractivity contribution in [1.82, 2.24) is 0 Å². The lowest BCUT2D eigenvalue weighted by Gasteiger charge is -2.06. The molecule has 0 N–H and O–H groups in total. The van der Waals surface area contributed by atoms with E-state index in [2.05, 4.69) is 17.4 Å². The van der Waals surface area contributed by atoms with Gasteiger partial charge in [0.2, 0.25) is 0 Å². The molecular formula is C12H18O2. The van der Waals surface area contributed by atoms with Crippen LogP contribution in [-0.2, 0) is 9.53 Å². The minimum absolute atomic E-state index is 0.282. The molecule has 0 radical (unpaired) electrons. The van der Waals surface area contributed by atoms with Crippen LogP contribution in [0.5, 0.6) is 0 Å². The van der Waals surface area contributed by atoms with Gasteiger partial charge in [-0.05, 0) is 32.1 Å². The maximum absolute atomic E-state index is 11.1. The van der Waals surface area contributed by atoms with Crippen molar-refractivity contribution in [3.8, 4) is 0 Å². The van der Waals surface area contributed by atoms with Crippen molar-refractivity contribution in [2.75, 3.05) is 7.11 Å². The zero-order valence-electron chi connectivity index (χ0n) is 8.84. The van der Waals surface area contributed by atoms with Crippen molar-refractivity contribution in [2.24, 2.45) is 0 Å². The second-order valence-corrected chi connectivity index (χ2v) is 3.73. The van der Waals surface area contributed by atoms with Gasteiger partial charge in [-0.2, -0.15) is 0 Å². The Kier molecular flexibility index (Phi) is 4.44. The van der Waals surface area contributed by atoms with Crippen LogP contribution in [0.2, 0.25) is 0 Å². The van der Waals surface area contributed by atoms with Gasteiger partial charge in [-0.1, -0.05) is 24.6 Å². The number of hydrogen-bond donors (Lipinski definition) is 0. The standard InChI is InChI=1S/C12H18O2/c1-10(12(13)14-2)9-11-7-5-3-4-6-8-11/h7H,1,3-6,8-9H2,2H3. The Morgan fingerprint density at radius 3 is 3.00 bits per heavy atom. The van der Waals surface area contributed by atoms with E-state index in [1.807, 2.05) is 0 Å². The molecule has 0 saturated heterocycles. The van der Waals surface area contributed by atoms with Crippen LogP contribution in [0.15, 0.2) is 23.8 Å². The highest BCUT2D eigenvalue weighted by atomic mass is 16.5. The molecule has 1 aliphatic rings. The molecule has 0 bridgehead atoms. The minimum Gasteiger partial charge on any atom is -0.466 e. The first kappa shape index (κ1) is 11.0. The molecular weight excluding hydrogens is 176 g/mol. The van der Waals surface area contributed by atoms with E-state index >= 15 is 0 Å². The van der Waals surface area contributed by atoms with Crippen LogP contribution in [0, 0.1) is 0 Å². The Hall–Kier alpha value is -1.05. The van der Waals surface area contributed by atoms with Gasteiger partial charge in [-0.25, -0.2) is 4.79 Å². The van der Waals surface area contributed by atoms with Gasteiger partial charge in [0.25, 0.3) is 0 Å². The van der Waals surface area contributed by atoms with Crippen molar-refractivity contribution in [1.29, 1.82) is 0 Å². The number of ether oxygens (including phenoxy) is 1. The van der Waals surface area contributed by atoms with Crippen LogP contribution in [-0.4, -0.2) is 13.1 Å². The van der Waals surface area contributed by atoms with Crippen LogP contribution in [0.3, 0.4) is 0 Å². The Balaban J connectivity index is 2.46. The van der Waals surface area contributed by atoms with Crippen LogP contribution >= 0.6 is 0 Å². The van der Waals surface area contributed by atoms with Gasteiger partial charge in [-0.15, -0.1) is 0 Å². The van der Waals surface area contributed by atoms with Crippen LogP contribution in [0.25, 0.3) is 0 Å². The fraction of sp³-hybridized carbons (Fsp3) is 0.583. The van der Waals surface area contributed by atoms with Crippen molar-refractivity contribution >= 4 is 5.97 Å². The van der Waals surface area contributed by atoms with Crippen LogP contribution in [0.1, 0.15) is 38.5 Å². The van der Waals surface area contributed by atoms with Gasteiger partial charge in [0.15, 0.2) is 0 Å². The zero-order chi connectivity index (χ0) is 10.4. The Morgan fingerprint density at radius 1 is 1.50 bits per heavy atom. The summed E-state index contributed by atoms with van der Waals surface area (Å²) in [5, 5.41) is 0. The third-order valence-corrected chi connectivity index (χ3v) is 2.55. The van der Waals surface area contributed by atoms with Gasteiger partial charge in [0.1, 0.15) is 0 Å². The molecule has 1 aliphatic carbocycles. The third-order valence-electron chi connectivity index (χ3n) is 2.55. The average molecular weight is 194 g/mol. The van der Waals surface area contributed by atoms with Crippen LogP contribution < -0.4 is 0 Å². The molecule has 0 aromatic heterocycles. The van der Waals surface area contributed by atoms with E-state index in [9.17, 15) is 4.79 Å². The summed E-state index contributed by atoms with van der Waals surface area (Å²) in [5.41, 5.74) is 1.92. The van der Waals surface area contributed by atoms with Gasteiger partial charge < -0.3 is 4.74 Å². The molecule has 0 atom stereocenters. The molecule has 78 valence electrons.